The summed E-state index contributed by atoms with van der Waals surface area (Å²) in [5.74, 6) is 0.799. The third kappa shape index (κ3) is 4.86. The number of ether oxygens (including phenoxy) is 2. The van der Waals surface area contributed by atoms with E-state index in [9.17, 15) is 8.42 Å². The average molecular weight is 413 g/mol. The minimum Gasteiger partial charge on any atom is -0.495 e. The average Bonchev–Trinajstić information content (AvgIpc) is 2.67. The molecule has 0 unspecified atom stereocenters. The number of morpholine rings is 1. The lowest BCUT2D eigenvalue weighted by molar-refractivity contribution is 0.122. The second-order valence-corrected chi connectivity index (χ2v) is 8.19. The maximum Gasteiger partial charge on any atom is 0.244 e. The van der Waals surface area contributed by atoms with Gasteiger partial charge in [0.25, 0.3) is 0 Å². The first-order chi connectivity index (χ1) is 12.9. The largest absolute Gasteiger partial charge is 0.495 e. The van der Waals surface area contributed by atoms with Crippen LogP contribution in [0.1, 0.15) is 11.4 Å². The molecule has 0 bridgehead atoms. The second kappa shape index (κ2) is 8.39. The van der Waals surface area contributed by atoms with Crippen LogP contribution in [0.15, 0.2) is 29.2 Å². The summed E-state index contributed by atoms with van der Waals surface area (Å²) >= 11 is 5.94. The van der Waals surface area contributed by atoms with Crippen LogP contribution in [0.3, 0.4) is 0 Å². The maximum atomic E-state index is 12.7. The smallest absolute Gasteiger partial charge is 0.244 e. The van der Waals surface area contributed by atoms with Gasteiger partial charge >= 0.3 is 0 Å². The Bertz CT molecular complexity index is 917. The highest BCUT2D eigenvalue weighted by Crippen LogP contribution is 2.27. The van der Waals surface area contributed by atoms with Gasteiger partial charge in [-0.25, -0.2) is 23.1 Å². The summed E-state index contributed by atoms with van der Waals surface area (Å²) in [5.41, 5.74) is 1.34. The van der Waals surface area contributed by atoms with Crippen molar-refractivity contribution in [1.82, 2.24) is 14.7 Å². The highest BCUT2D eigenvalue weighted by Gasteiger charge is 2.21. The zero-order valence-electron chi connectivity index (χ0n) is 15.1. The molecule has 1 saturated heterocycles. The number of nitrogens with one attached hydrogen (secondary N) is 1. The second-order valence-electron chi connectivity index (χ2n) is 6.02. The van der Waals surface area contributed by atoms with Crippen molar-refractivity contribution in [3.8, 4) is 5.75 Å². The molecule has 0 amide bonds. The molecule has 0 spiro atoms. The van der Waals surface area contributed by atoms with Gasteiger partial charge in [0.1, 0.15) is 10.6 Å². The fraction of sp³-hybridized carbons (Fsp3) is 0.412. The Morgan fingerprint density at radius 1 is 1.26 bits per heavy atom. The van der Waals surface area contributed by atoms with E-state index in [4.69, 9.17) is 21.1 Å². The van der Waals surface area contributed by atoms with Gasteiger partial charge in [-0.2, -0.15) is 0 Å². The Labute approximate surface area is 163 Å². The molecule has 3 rings (SSSR count). The van der Waals surface area contributed by atoms with E-state index in [1.165, 1.54) is 19.2 Å². The molecule has 2 heterocycles. The SMILES string of the molecule is COc1ccc(Cl)cc1S(=O)(=O)NCc1cc(C)nc(N2CCOCC2)n1. The number of hydrogen-bond donors (Lipinski definition) is 1. The predicted octanol–water partition coefficient (Wildman–Crippen LogP) is 1.76. The summed E-state index contributed by atoms with van der Waals surface area (Å²) in [6.45, 7) is 4.52. The highest BCUT2D eigenvalue weighted by atomic mass is 35.5. The summed E-state index contributed by atoms with van der Waals surface area (Å²) in [5, 5.41) is 0.309. The molecule has 1 aliphatic rings. The lowest BCUT2D eigenvalue weighted by Crippen LogP contribution is -2.37. The maximum absolute atomic E-state index is 12.7. The van der Waals surface area contributed by atoms with Gasteiger partial charge in [-0.05, 0) is 31.2 Å². The monoisotopic (exact) mass is 412 g/mol. The topological polar surface area (TPSA) is 93.7 Å². The first-order valence-electron chi connectivity index (χ1n) is 8.39. The molecule has 0 saturated carbocycles. The number of hydrogen-bond acceptors (Lipinski definition) is 7. The van der Waals surface area contributed by atoms with Crippen LogP contribution in [-0.4, -0.2) is 51.8 Å². The van der Waals surface area contributed by atoms with Crippen LogP contribution in [-0.2, 0) is 21.3 Å². The third-order valence-corrected chi connectivity index (χ3v) is 5.71. The highest BCUT2D eigenvalue weighted by molar-refractivity contribution is 7.89. The number of anilines is 1. The Hall–Kier alpha value is -1.94. The summed E-state index contributed by atoms with van der Waals surface area (Å²) < 4.78 is 38.4. The van der Waals surface area contributed by atoms with Crippen LogP contribution < -0.4 is 14.4 Å². The van der Waals surface area contributed by atoms with E-state index in [2.05, 4.69) is 14.7 Å². The van der Waals surface area contributed by atoms with Crippen LogP contribution in [0.2, 0.25) is 5.02 Å². The number of nitrogens with zero attached hydrogens (tertiary/aromatic N) is 3. The first-order valence-corrected chi connectivity index (χ1v) is 10.3. The normalized spacial score (nSPS) is 15.0. The number of aromatic nitrogens is 2. The van der Waals surface area contributed by atoms with Gasteiger partial charge < -0.3 is 14.4 Å². The predicted molar refractivity (Wildman–Crippen MR) is 102 cm³/mol. The van der Waals surface area contributed by atoms with E-state index >= 15 is 0 Å². The molecular formula is C17H21ClN4O4S. The van der Waals surface area contributed by atoms with Crippen LogP contribution in [0.4, 0.5) is 5.95 Å². The molecule has 0 radical (unpaired) electrons. The molecule has 0 atom stereocenters. The van der Waals surface area contributed by atoms with Crippen LogP contribution >= 0.6 is 11.6 Å². The standard InChI is InChI=1S/C17H21ClN4O4S/c1-12-9-14(21-17(20-12)22-5-7-26-8-6-22)11-19-27(23,24)16-10-13(18)3-4-15(16)25-2/h3-4,9-10,19H,5-8,11H2,1-2H3. The van der Waals surface area contributed by atoms with E-state index in [1.54, 1.807) is 12.1 Å². The number of methoxy groups -OCH3 is 1. The molecule has 1 fully saturated rings. The van der Waals surface area contributed by atoms with Crippen LogP contribution in [0.25, 0.3) is 0 Å². The van der Waals surface area contributed by atoms with E-state index in [0.717, 1.165) is 5.69 Å². The van der Waals surface area contributed by atoms with Gasteiger partial charge in [0.15, 0.2) is 0 Å². The number of rotatable bonds is 6. The number of aryl methyl sites for hydroxylation is 1. The molecule has 146 valence electrons. The van der Waals surface area contributed by atoms with Crippen molar-refractivity contribution in [2.75, 3.05) is 38.3 Å². The fourth-order valence-corrected chi connectivity index (χ4v) is 4.15. The van der Waals surface area contributed by atoms with Crippen molar-refractivity contribution < 1.29 is 17.9 Å². The number of halogens is 1. The summed E-state index contributed by atoms with van der Waals surface area (Å²) in [6.07, 6.45) is 0. The van der Waals surface area contributed by atoms with E-state index < -0.39 is 10.0 Å². The number of sulfonamides is 1. The molecule has 1 N–H and O–H groups in total. The third-order valence-electron chi connectivity index (χ3n) is 4.05. The molecular weight excluding hydrogens is 392 g/mol. The molecule has 27 heavy (non-hydrogen) atoms. The molecule has 1 aromatic heterocycles. The minimum absolute atomic E-state index is 0.0170. The van der Waals surface area contributed by atoms with Crippen LogP contribution in [0, 0.1) is 6.92 Å². The summed E-state index contributed by atoms with van der Waals surface area (Å²) in [6, 6.07) is 6.19. The molecule has 10 heteroatoms. The Balaban J connectivity index is 1.80. The summed E-state index contributed by atoms with van der Waals surface area (Å²) in [4.78, 5) is 10.9. The van der Waals surface area contributed by atoms with Gasteiger partial charge in [-0.3, -0.25) is 0 Å². The minimum atomic E-state index is -3.83. The van der Waals surface area contributed by atoms with Gasteiger partial charge in [0.05, 0.1) is 32.6 Å². The zero-order valence-corrected chi connectivity index (χ0v) is 16.7. The van der Waals surface area contributed by atoms with Crippen molar-refractivity contribution in [2.45, 2.75) is 18.4 Å². The van der Waals surface area contributed by atoms with E-state index in [1.807, 2.05) is 11.8 Å². The van der Waals surface area contributed by atoms with Crippen molar-refractivity contribution in [3.63, 3.8) is 0 Å². The molecule has 1 aromatic carbocycles. The first kappa shape index (κ1) is 19.8. The molecule has 0 aliphatic carbocycles. The summed E-state index contributed by atoms with van der Waals surface area (Å²) in [7, 11) is -2.42. The Morgan fingerprint density at radius 3 is 2.70 bits per heavy atom. The Kier molecular flexibility index (Phi) is 6.15. The van der Waals surface area contributed by atoms with Crippen molar-refractivity contribution in [3.05, 3.63) is 40.7 Å². The Morgan fingerprint density at radius 2 is 2.00 bits per heavy atom. The van der Waals surface area contributed by atoms with Crippen LogP contribution in [0.5, 0.6) is 5.75 Å². The zero-order chi connectivity index (χ0) is 19.4. The molecule has 1 aliphatic heterocycles. The lowest BCUT2D eigenvalue weighted by Gasteiger charge is -2.27. The van der Waals surface area contributed by atoms with Crippen molar-refractivity contribution in [1.29, 1.82) is 0 Å². The van der Waals surface area contributed by atoms with Gasteiger partial charge in [-0.15, -0.1) is 0 Å². The lowest BCUT2D eigenvalue weighted by atomic mass is 10.3. The van der Waals surface area contributed by atoms with Gasteiger partial charge in [-0.1, -0.05) is 11.6 Å². The van der Waals surface area contributed by atoms with Crippen molar-refractivity contribution >= 4 is 27.6 Å². The van der Waals surface area contributed by atoms with Crippen molar-refractivity contribution in [2.24, 2.45) is 0 Å². The molecule has 2 aromatic rings. The fourth-order valence-electron chi connectivity index (χ4n) is 2.72. The van der Waals surface area contributed by atoms with Gasteiger partial charge in [0.2, 0.25) is 16.0 Å². The quantitative estimate of drug-likeness (QED) is 0.772. The van der Waals surface area contributed by atoms with E-state index in [-0.39, 0.29) is 17.2 Å². The number of benzene rings is 1. The molecule has 8 nitrogen and oxygen atoms in total. The van der Waals surface area contributed by atoms with E-state index in [0.29, 0.717) is 43.0 Å². The van der Waals surface area contributed by atoms with Gasteiger partial charge in [0, 0.05) is 23.8 Å².